The molecule has 5 aromatic rings. The first-order chi connectivity index (χ1) is 19.4. The number of amides is 1. The van der Waals surface area contributed by atoms with Crippen molar-refractivity contribution in [3.05, 3.63) is 69.3 Å². The summed E-state index contributed by atoms with van der Waals surface area (Å²) in [6, 6.07) is 11.8. The number of nitrogens with one attached hydrogen (secondary N) is 1. The molecule has 10 nitrogen and oxygen atoms in total. The Hall–Kier alpha value is -3.49. The van der Waals surface area contributed by atoms with Crippen LogP contribution in [-0.4, -0.2) is 49.4 Å². The van der Waals surface area contributed by atoms with E-state index in [0.29, 0.717) is 22.2 Å². The molecule has 6 rings (SSSR count). The van der Waals surface area contributed by atoms with Crippen LogP contribution in [0, 0.1) is 3.57 Å². The van der Waals surface area contributed by atoms with Crippen molar-refractivity contribution in [3.63, 3.8) is 0 Å². The van der Waals surface area contributed by atoms with E-state index in [4.69, 9.17) is 20.2 Å². The van der Waals surface area contributed by atoms with Gasteiger partial charge in [0.25, 0.3) is 5.91 Å². The van der Waals surface area contributed by atoms with Crippen LogP contribution in [0.25, 0.3) is 27.2 Å². The summed E-state index contributed by atoms with van der Waals surface area (Å²) in [5.74, 6) is 0.475. The molecule has 40 heavy (non-hydrogen) atoms. The fourth-order valence-corrected chi connectivity index (χ4v) is 6.91. The monoisotopic (exact) mass is 669 g/mol. The van der Waals surface area contributed by atoms with Crippen LogP contribution in [0.15, 0.2) is 55.1 Å². The molecule has 1 fully saturated rings. The molecule has 0 saturated carbocycles. The topological polar surface area (TPSA) is 122 Å². The first-order valence-electron chi connectivity index (χ1n) is 13.0. The number of carbonyl (C=O) groups is 1. The minimum Gasteiger partial charge on any atom is -0.481 e. The molecule has 4 aromatic heterocycles. The number of ether oxygens (including phenoxy) is 2. The van der Waals surface area contributed by atoms with Gasteiger partial charge in [0.15, 0.2) is 5.75 Å². The summed E-state index contributed by atoms with van der Waals surface area (Å²) < 4.78 is 17.0. The Labute approximate surface area is 248 Å². The van der Waals surface area contributed by atoms with E-state index in [0.717, 1.165) is 56.7 Å². The van der Waals surface area contributed by atoms with E-state index in [1.54, 1.807) is 11.0 Å². The average Bonchev–Trinajstić information content (AvgIpc) is 3.66. The Balaban J connectivity index is 1.28. The fraction of sp³-hybridized carbons (Fsp3) is 0.286. The van der Waals surface area contributed by atoms with Gasteiger partial charge in [0.05, 0.1) is 26.5 Å². The van der Waals surface area contributed by atoms with Crippen LogP contribution in [0.3, 0.4) is 0 Å². The van der Waals surface area contributed by atoms with Crippen LogP contribution >= 0.6 is 33.9 Å². The summed E-state index contributed by atoms with van der Waals surface area (Å²) in [5.41, 5.74) is 10.3. The predicted octanol–water partition coefficient (Wildman–Crippen LogP) is 4.86. The molecular weight excluding hydrogens is 641 g/mol. The highest BCUT2D eigenvalue weighted by molar-refractivity contribution is 14.1. The van der Waals surface area contributed by atoms with Crippen molar-refractivity contribution in [2.45, 2.75) is 32.0 Å². The van der Waals surface area contributed by atoms with Gasteiger partial charge in [-0.2, -0.15) is 5.10 Å². The predicted molar refractivity (Wildman–Crippen MR) is 162 cm³/mol. The lowest BCUT2D eigenvalue weighted by Gasteiger charge is -2.23. The van der Waals surface area contributed by atoms with Crippen molar-refractivity contribution in [2.75, 3.05) is 13.1 Å². The van der Waals surface area contributed by atoms with Crippen molar-refractivity contribution >= 4 is 50.9 Å². The molecule has 3 N–H and O–H groups in total. The third kappa shape index (κ3) is 5.30. The van der Waals surface area contributed by atoms with Crippen LogP contribution in [0.4, 0.5) is 0 Å². The molecule has 1 aliphatic heterocycles. The molecule has 1 aromatic carbocycles. The second-order valence-electron chi connectivity index (χ2n) is 9.69. The highest BCUT2D eigenvalue weighted by Crippen LogP contribution is 2.42. The lowest BCUT2D eigenvalue weighted by Crippen LogP contribution is -2.34. The van der Waals surface area contributed by atoms with Crippen LogP contribution in [0.1, 0.15) is 41.2 Å². The minimum atomic E-state index is -0.546. The van der Waals surface area contributed by atoms with Gasteiger partial charge in [0, 0.05) is 24.9 Å². The molecule has 1 amide bonds. The molecule has 0 radical (unpaired) electrons. The number of thiophene rings is 1. The van der Waals surface area contributed by atoms with Crippen molar-refractivity contribution in [3.8, 4) is 27.8 Å². The van der Waals surface area contributed by atoms with E-state index in [1.807, 2.05) is 67.3 Å². The van der Waals surface area contributed by atoms with Gasteiger partial charge in [-0.15, -0.1) is 11.3 Å². The number of carbonyl (C=O) groups excluding carboxylic acids is 1. The second-order valence-corrected chi connectivity index (χ2v) is 11.8. The molecule has 1 aliphatic rings. The molecule has 206 valence electrons. The normalized spacial score (nSPS) is 14.9. The van der Waals surface area contributed by atoms with Crippen LogP contribution in [0.2, 0.25) is 0 Å². The van der Waals surface area contributed by atoms with E-state index in [9.17, 15) is 4.79 Å². The van der Waals surface area contributed by atoms with Gasteiger partial charge >= 0.3 is 0 Å². The van der Waals surface area contributed by atoms with E-state index < -0.39 is 12.0 Å². The maximum Gasteiger partial charge on any atom is 0.262 e. The molecule has 0 aliphatic carbocycles. The highest BCUT2D eigenvalue weighted by Gasteiger charge is 2.26. The zero-order chi connectivity index (χ0) is 27.8. The van der Waals surface area contributed by atoms with Gasteiger partial charge in [-0.1, -0.05) is 12.1 Å². The number of aromatic nitrogens is 5. The first-order valence-corrected chi connectivity index (χ1v) is 14.9. The quantitative estimate of drug-likeness (QED) is 0.227. The number of benzene rings is 1. The fourth-order valence-electron chi connectivity index (χ4n) is 4.78. The summed E-state index contributed by atoms with van der Waals surface area (Å²) >= 11 is 3.50. The van der Waals surface area contributed by atoms with Gasteiger partial charge < -0.3 is 20.5 Å². The van der Waals surface area contributed by atoms with Crippen LogP contribution in [0.5, 0.6) is 11.6 Å². The van der Waals surface area contributed by atoms with Crippen LogP contribution in [-0.2, 0) is 7.05 Å². The number of imidazole rings is 1. The summed E-state index contributed by atoms with van der Waals surface area (Å²) in [6.45, 7) is 3.79. The molecule has 5 heterocycles. The second kappa shape index (κ2) is 11.2. The van der Waals surface area contributed by atoms with Gasteiger partial charge in [0.2, 0.25) is 5.88 Å². The molecule has 12 heteroatoms. The standard InChI is InChI=1S/C28H28IN7O3S/c1-16(20-4-3-5-23(34-20)39-19-8-10-31-11-9-19)38-25-24(29)28(40-26(25)27(30)37)36-15-32-21-12-17(6-7-22(21)36)18-13-33-35(2)14-18/h3-7,12-16,19,31H,8-11H2,1-2H3,(H2,30,37). The molecule has 0 spiro atoms. The number of rotatable bonds is 8. The van der Waals surface area contributed by atoms with E-state index >= 15 is 0 Å². The van der Waals surface area contributed by atoms with Gasteiger partial charge in [-0.05, 0) is 79.2 Å². The lowest BCUT2D eigenvalue weighted by atomic mass is 10.1. The Morgan fingerprint density at radius 2 is 2.05 bits per heavy atom. The van der Waals surface area contributed by atoms with Crippen molar-refractivity contribution in [2.24, 2.45) is 12.8 Å². The maximum absolute atomic E-state index is 12.5. The molecule has 1 unspecified atom stereocenters. The number of hydrogen-bond acceptors (Lipinski definition) is 8. The summed E-state index contributed by atoms with van der Waals surface area (Å²) in [4.78, 5) is 22.2. The zero-order valence-corrected chi connectivity index (χ0v) is 25.0. The van der Waals surface area contributed by atoms with Crippen LogP contribution < -0.4 is 20.5 Å². The summed E-state index contributed by atoms with van der Waals surface area (Å²) in [5, 5.41) is 8.41. The number of aryl methyl sites for hydroxylation is 1. The first kappa shape index (κ1) is 26.7. The van der Waals surface area contributed by atoms with E-state index in [2.05, 4.69) is 38.0 Å². The molecule has 1 atom stereocenters. The van der Waals surface area contributed by atoms with Crippen molar-refractivity contribution in [1.29, 1.82) is 0 Å². The molecule has 0 bridgehead atoms. The summed E-state index contributed by atoms with van der Waals surface area (Å²) in [7, 11) is 1.89. The number of piperidine rings is 1. The van der Waals surface area contributed by atoms with E-state index in [1.165, 1.54) is 11.3 Å². The van der Waals surface area contributed by atoms with Gasteiger partial charge in [-0.3, -0.25) is 14.0 Å². The van der Waals surface area contributed by atoms with Gasteiger partial charge in [-0.25, -0.2) is 9.97 Å². The lowest BCUT2D eigenvalue weighted by molar-refractivity contribution is 0.0997. The number of halogens is 1. The number of nitrogens with two attached hydrogens (primary N) is 1. The smallest absolute Gasteiger partial charge is 0.262 e. The number of hydrogen-bond donors (Lipinski definition) is 2. The minimum absolute atomic E-state index is 0.146. The molecular formula is C28H28IN7O3S. The van der Waals surface area contributed by atoms with Crippen molar-refractivity contribution in [1.82, 2.24) is 29.6 Å². The number of nitrogens with zero attached hydrogens (tertiary/aromatic N) is 5. The highest BCUT2D eigenvalue weighted by atomic mass is 127. The number of primary amides is 1. The Kier molecular flexibility index (Phi) is 7.47. The van der Waals surface area contributed by atoms with E-state index in [-0.39, 0.29) is 6.10 Å². The average molecular weight is 670 g/mol. The Morgan fingerprint density at radius 1 is 1.23 bits per heavy atom. The largest absolute Gasteiger partial charge is 0.481 e. The van der Waals surface area contributed by atoms with Gasteiger partial charge in [0.1, 0.15) is 28.4 Å². The number of pyridine rings is 1. The Bertz CT molecular complexity index is 1690. The molecule has 1 saturated heterocycles. The summed E-state index contributed by atoms with van der Waals surface area (Å²) in [6.07, 6.45) is 7.16. The van der Waals surface area contributed by atoms with Crippen molar-refractivity contribution < 1.29 is 14.3 Å². The SMILES string of the molecule is CC(Oc1c(C(N)=O)sc(-n2cnc3cc(-c4cnn(C)c4)ccc32)c1I)c1cccc(OC2CCNCC2)n1. The maximum atomic E-state index is 12.5. The number of fused-ring (bicyclic) bond motifs is 1. The third-order valence-corrected chi connectivity index (χ3v) is 9.40. The third-order valence-electron chi connectivity index (χ3n) is 6.85. The Morgan fingerprint density at radius 3 is 2.80 bits per heavy atom. The zero-order valence-electron chi connectivity index (χ0n) is 22.0.